The summed E-state index contributed by atoms with van der Waals surface area (Å²) in [5.74, 6) is 0.482. The Morgan fingerprint density at radius 3 is 2.88 bits per heavy atom. The number of hydrogen-bond acceptors (Lipinski definition) is 5. The van der Waals surface area contributed by atoms with Gasteiger partial charge in [-0.05, 0) is 30.3 Å². The van der Waals surface area contributed by atoms with E-state index in [2.05, 4.69) is 20.6 Å². The number of pyridine rings is 2. The molecule has 3 heterocycles. The molecule has 0 aliphatic heterocycles. The van der Waals surface area contributed by atoms with Crippen LogP contribution in [0.4, 0.5) is 11.4 Å². The highest BCUT2D eigenvalue weighted by Gasteiger charge is 2.09. The van der Waals surface area contributed by atoms with Crippen LogP contribution in [-0.2, 0) is 6.54 Å². The molecule has 0 spiro atoms. The molecular formula is C20H16N4O2. The van der Waals surface area contributed by atoms with Gasteiger partial charge in [-0.25, -0.2) is 0 Å². The maximum Gasteiger partial charge on any atom is 0.253 e. The van der Waals surface area contributed by atoms with Gasteiger partial charge < -0.3 is 15.1 Å². The van der Waals surface area contributed by atoms with Crippen molar-refractivity contribution >= 4 is 28.2 Å². The van der Waals surface area contributed by atoms with E-state index in [0.29, 0.717) is 23.6 Å². The number of aromatic nitrogens is 2. The first-order chi connectivity index (χ1) is 12.8. The van der Waals surface area contributed by atoms with E-state index in [-0.39, 0.29) is 5.91 Å². The summed E-state index contributed by atoms with van der Waals surface area (Å²) in [7, 11) is 0. The zero-order chi connectivity index (χ0) is 17.8. The SMILES string of the molecule is O=C(NCc1ccco1)c1cncc(Nc2cccc3cccnc23)c1. The third-order valence-corrected chi connectivity index (χ3v) is 3.92. The number of nitrogens with one attached hydrogen (secondary N) is 2. The quantitative estimate of drug-likeness (QED) is 0.574. The van der Waals surface area contributed by atoms with E-state index >= 15 is 0 Å². The molecule has 128 valence electrons. The number of hydrogen-bond donors (Lipinski definition) is 2. The second-order valence-corrected chi connectivity index (χ2v) is 5.73. The fourth-order valence-corrected chi connectivity index (χ4v) is 2.68. The molecule has 0 aliphatic carbocycles. The Morgan fingerprint density at radius 2 is 2.00 bits per heavy atom. The highest BCUT2D eigenvalue weighted by molar-refractivity contribution is 5.96. The van der Waals surface area contributed by atoms with Gasteiger partial charge in [-0.2, -0.15) is 0 Å². The summed E-state index contributed by atoms with van der Waals surface area (Å²) in [5, 5.41) is 7.14. The van der Waals surface area contributed by atoms with Crippen molar-refractivity contribution in [3.8, 4) is 0 Å². The minimum atomic E-state index is -0.214. The molecular weight excluding hydrogens is 328 g/mol. The number of carbonyl (C=O) groups excluding carboxylic acids is 1. The number of fused-ring (bicyclic) bond motifs is 1. The molecule has 6 heteroatoms. The molecule has 26 heavy (non-hydrogen) atoms. The van der Waals surface area contributed by atoms with Crippen LogP contribution in [0.2, 0.25) is 0 Å². The summed E-state index contributed by atoms with van der Waals surface area (Å²) < 4.78 is 5.21. The second-order valence-electron chi connectivity index (χ2n) is 5.73. The molecule has 0 bridgehead atoms. The molecule has 1 aromatic carbocycles. The lowest BCUT2D eigenvalue weighted by molar-refractivity contribution is 0.0947. The van der Waals surface area contributed by atoms with Crippen molar-refractivity contribution in [2.75, 3.05) is 5.32 Å². The minimum Gasteiger partial charge on any atom is -0.467 e. The van der Waals surface area contributed by atoms with Crippen molar-refractivity contribution in [1.82, 2.24) is 15.3 Å². The van der Waals surface area contributed by atoms with E-state index in [0.717, 1.165) is 16.6 Å². The van der Waals surface area contributed by atoms with Crippen LogP contribution < -0.4 is 10.6 Å². The Hall–Kier alpha value is -3.67. The number of benzene rings is 1. The van der Waals surface area contributed by atoms with Crippen LogP contribution in [0.1, 0.15) is 16.1 Å². The zero-order valence-corrected chi connectivity index (χ0v) is 13.8. The van der Waals surface area contributed by atoms with Gasteiger partial charge in [0.25, 0.3) is 5.91 Å². The number of amides is 1. The van der Waals surface area contributed by atoms with Crippen molar-refractivity contribution in [2.45, 2.75) is 6.54 Å². The Balaban J connectivity index is 1.53. The Kier molecular flexibility index (Phi) is 4.30. The maximum atomic E-state index is 12.3. The highest BCUT2D eigenvalue weighted by Crippen LogP contribution is 2.24. The van der Waals surface area contributed by atoms with Gasteiger partial charge in [0, 0.05) is 17.8 Å². The van der Waals surface area contributed by atoms with Crippen molar-refractivity contribution < 1.29 is 9.21 Å². The minimum absolute atomic E-state index is 0.214. The number of anilines is 2. The average Bonchev–Trinajstić information content (AvgIpc) is 3.20. The molecule has 0 fully saturated rings. The molecule has 0 aliphatic rings. The lowest BCUT2D eigenvalue weighted by Gasteiger charge is -2.10. The molecule has 4 aromatic rings. The van der Waals surface area contributed by atoms with Crippen LogP contribution in [0.25, 0.3) is 10.9 Å². The van der Waals surface area contributed by atoms with Gasteiger partial charge in [-0.3, -0.25) is 14.8 Å². The number of para-hydroxylation sites is 1. The number of carbonyl (C=O) groups is 1. The molecule has 3 aromatic heterocycles. The fourth-order valence-electron chi connectivity index (χ4n) is 2.68. The van der Waals surface area contributed by atoms with Gasteiger partial charge in [-0.1, -0.05) is 18.2 Å². The first-order valence-corrected chi connectivity index (χ1v) is 8.16. The Morgan fingerprint density at radius 1 is 1.08 bits per heavy atom. The van der Waals surface area contributed by atoms with Crippen molar-refractivity contribution in [3.05, 3.63) is 84.7 Å². The van der Waals surface area contributed by atoms with E-state index in [1.165, 1.54) is 6.20 Å². The first kappa shape index (κ1) is 15.8. The lowest BCUT2D eigenvalue weighted by atomic mass is 10.2. The van der Waals surface area contributed by atoms with Crippen LogP contribution in [0.5, 0.6) is 0 Å². The molecule has 0 saturated heterocycles. The third kappa shape index (κ3) is 3.39. The van der Waals surface area contributed by atoms with Gasteiger partial charge in [0.15, 0.2) is 0 Å². The Bertz CT molecular complexity index is 1040. The van der Waals surface area contributed by atoms with Crippen LogP contribution >= 0.6 is 0 Å². The fraction of sp³-hybridized carbons (Fsp3) is 0.0500. The summed E-state index contributed by atoms with van der Waals surface area (Å²) >= 11 is 0. The first-order valence-electron chi connectivity index (χ1n) is 8.16. The average molecular weight is 344 g/mol. The standard InChI is InChI=1S/C20H16N4O2/c25-20(23-13-17-6-3-9-26-17)15-10-16(12-21-11-15)24-18-7-1-4-14-5-2-8-22-19(14)18/h1-12,24H,13H2,(H,23,25). The third-order valence-electron chi connectivity index (χ3n) is 3.92. The van der Waals surface area contributed by atoms with Crippen molar-refractivity contribution in [1.29, 1.82) is 0 Å². The van der Waals surface area contributed by atoms with E-state index in [1.807, 2.05) is 36.4 Å². The summed E-state index contributed by atoms with van der Waals surface area (Å²) in [4.78, 5) is 20.9. The van der Waals surface area contributed by atoms with Gasteiger partial charge in [-0.15, -0.1) is 0 Å². The van der Waals surface area contributed by atoms with Crippen LogP contribution in [0.15, 0.2) is 77.8 Å². The van der Waals surface area contributed by atoms with Crippen LogP contribution in [0, 0.1) is 0 Å². The van der Waals surface area contributed by atoms with Gasteiger partial charge >= 0.3 is 0 Å². The van der Waals surface area contributed by atoms with E-state index in [9.17, 15) is 4.79 Å². The maximum absolute atomic E-state index is 12.3. The van der Waals surface area contributed by atoms with Crippen molar-refractivity contribution in [3.63, 3.8) is 0 Å². The molecule has 0 unspecified atom stereocenters. The smallest absolute Gasteiger partial charge is 0.253 e. The molecule has 0 radical (unpaired) electrons. The summed E-state index contributed by atoms with van der Waals surface area (Å²) in [6, 6.07) is 15.2. The predicted molar refractivity (Wildman–Crippen MR) is 99.1 cm³/mol. The summed E-state index contributed by atoms with van der Waals surface area (Å²) in [6.45, 7) is 0.330. The molecule has 0 saturated carbocycles. The van der Waals surface area contributed by atoms with Crippen molar-refractivity contribution in [2.24, 2.45) is 0 Å². The molecule has 0 atom stereocenters. The van der Waals surface area contributed by atoms with Crippen LogP contribution in [-0.4, -0.2) is 15.9 Å². The molecule has 1 amide bonds. The lowest BCUT2D eigenvalue weighted by Crippen LogP contribution is -2.22. The number of nitrogens with zero attached hydrogens (tertiary/aromatic N) is 2. The Labute approximate surface area is 149 Å². The van der Waals surface area contributed by atoms with Gasteiger partial charge in [0.05, 0.1) is 41.5 Å². The zero-order valence-electron chi connectivity index (χ0n) is 13.8. The van der Waals surface area contributed by atoms with Gasteiger partial charge in [0.2, 0.25) is 0 Å². The normalized spacial score (nSPS) is 10.6. The highest BCUT2D eigenvalue weighted by atomic mass is 16.3. The van der Waals surface area contributed by atoms with Gasteiger partial charge in [0.1, 0.15) is 5.76 Å². The van der Waals surface area contributed by atoms with Crippen LogP contribution in [0.3, 0.4) is 0 Å². The molecule has 6 nitrogen and oxygen atoms in total. The monoisotopic (exact) mass is 344 g/mol. The molecule has 2 N–H and O–H groups in total. The number of furan rings is 1. The predicted octanol–water partition coefficient (Wildman–Crippen LogP) is 3.90. The van der Waals surface area contributed by atoms with E-state index < -0.39 is 0 Å². The summed E-state index contributed by atoms with van der Waals surface area (Å²) in [5.41, 5.74) is 2.91. The van der Waals surface area contributed by atoms with E-state index in [1.54, 1.807) is 30.8 Å². The number of rotatable bonds is 5. The largest absolute Gasteiger partial charge is 0.467 e. The molecule has 4 rings (SSSR count). The second kappa shape index (κ2) is 7.06. The topological polar surface area (TPSA) is 80.0 Å². The summed E-state index contributed by atoms with van der Waals surface area (Å²) in [6.07, 6.45) is 6.53. The van der Waals surface area contributed by atoms with E-state index in [4.69, 9.17) is 4.42 Å².